The lowest BCUT2D eigenvalue weighted by atomic mass is 10.1. The molecule has 0 spiro atoms. The number of thioether (sulfide) groups is 2. The Kier molecular flexibility index (Phi) is 4.21. The van der Waals surface area contributed by atoms with Gasteiger partial charge in [0.2, 0.25) is 0 Å². The molecule has 2 aliphatic rings. The van der Waals surface area contributed by atoms with E-state index in [0.29, 0.717) is 11.5 Å². The molecule has 22 heavy (non-hydrogen) atoms. The summed E-state index contributed by atoms with van der Waals surface area (Å²) in [6.07, 6.45) is 0. The number of nitrogens with zero attached hydrogens (tertiary/aromatic N) is 2. The summed E-state index contributed by atoms with van der Waals surface area (Å²) >= 11 is 2.86. The third-order valence-corrected chi connectivity index (χ3v) is 5.44. The van der Waals surface area contributed by atoms with Crippen molar-refractivity contribution in [1.82, 2.24) is 0 Å². The van der Waals surface area contributed by atoms with Crippen molar-refractivity contribution in [3.05, 3.63) is 35.4 Å². The molecule has 3 rings (SSSR count). The third-order valence-electron chi connectivity index (χ3n) is 3.25. The number of hydrogen-bond donors (Lipinski definition) is 2. The normalized spacial score (nSPS) is 24.0. The van der Waals surface area contributed by atoms with Gasteiger partial charge in [-0.1, -0.05) is 24.3 Å². The number of carboxylic acids is 2. The molecule has 8 heteroatoms. The van der Waals surface area contributed by atoms with E-state index in [2.05, 4.69) is 9.98 Å². The van der Waals surface area contributed by atoms with Gasteiger partial charge in [0.05, 0.1) is 10.1 Å². The van der Waals surface area contributed by atoms with Crippen LogP contribution in [0.15, 0.2) is 34.3 Å². The molecule has 2 atom stereocenters. The van der Waals surface area contributed by atoms with Crippen LogP contribution in [0.4, 0.5) is 0 Å². The average Bonchev–Trinajstić information content (AvgIpc) is 3.17. The zero-order chi connectivity index (χ0) is 15.7. The summed E-state index contributed by atoms with van der Waals surface area (Å²) in [5.74, 6) is -0.907. The second-order valence-corrected chi connectivity index (χ2v) is 6.79. The summed E-state index contributed by atoms with van der Waals surface area (Å²) in [6.45, 7) is 0. The maximum atomic E-state index is 10.9. The van der Waals surface area contributed by atoms with Gasteiger partial charge >= 0.3 is 11.9 Å². The number of hydrogen-bond acceptors (Lipinski definition) is 6. The van der Waals surface area contributed by atoms with Crippen molar-refractivity contribution in [2.45, 2.75) is 12.1 Å². The molecule has 0 saturated heterocycles. The third kappa shape index (κ3) is 3.02. The molecule has 0 amide bonds. The smallest absolute Gasteiger partial charge is 0.329 e. The fraction of sp³-hybridized carbons (Fsp3) is 0.286. The Morgan fingerprint density at radius 1 is 0.864 bits per heavy atom. The van der Waals surface area contributed by atoms with Crippen LogP contribution in [-0.4, -0.2) is 55.8 Å². The minimum absolute atomic E-state index is 0.454. The van der Waals surface area contributed by atoms with Crippen LogP contribution >= 0.6 is 23.5 Å². The lowest BCUT2D eigenvalue weighted by Crippen LogP contribution is -2.17. The first-order chi connectivity index (χ1) is 10.5. The van der Waals surface area contributed by atoms with Crippen molar-refractivity contribution in [1.29, 1.82) is 0 Å². The summed E-state index contributed by atoms with van der Waals surface area (Å²) in [5, 5.41) is 19.3. The predicted molar refractivity (Wildman–Crippen MR) is 87.3 cm³/mol. The highest BCUT2D eigenvalue weighted by molar-refractivity contribution is 8.15. The maximum absolute atomic E-state index is 10.9. The first-order valence-corrected chi connectivity index (χ1v) is 8.49. The van der Waals surface area contributed by atoms with Crippen molar-refractivity contribution >= 4 is 45.5 Å². The van der Waals surface area contributed by atoms with Gasteiger partial charge in [0.15, 0.2) is 12.1 Å². The summed E-state index contributed by atoms with van der Waals surface area (Å²) < 4.78 is 0. The van der Waals surface area contributed by atoms with Gasteiger partial charge in [0.25, 0.3) is 0 Å². The molecule has 1 aromatic carbocycles. The Hall–Kier alpha value is -1.80. The van der Waals surface area contributed by atoms with Crippen LogP contribution in [-0.2, 0) is 9.59 Å². The van der Waals surface area contributed by atoms with Gasteiger partial charge in [-0.25, -0.2) is 9.59 Å². The Bertz CT molecular complexity index is 626. The van der Waals surface area contributed by atoms with Crippen LogP contribution in [0.3, 0.4) is 0 Å². The summed E-state index contributed by atoms with van der Waals surface area (Å²) in [5.41, 5.74) is 1.74. The number of rotatable bonds is 4. The number of carbonyl (C=O) groups is 2. The fourth-order valence-electron chi connectivity index (χ4n) is 2.07. The van der Waals surface area contributed by atoms with Crippen molar-refractivity contribution in [3.63, 3.8) is 0 Å². The quantitative estimate of drug-likeness (QED) is 0.866. The van der Waals surface area contributed by atoms with E-state index in [1.165, 1.54) is 23.5 Å². The van der Waals surface area contributed by atoms with Crippen molar-refractivity contribution in [2.24, 2.45) is 9.98 Å². The van der Waals surface area contributed by atoms with Crippen molar-refractivity contribution in [2.75, 3.05) is 11.5 Å². The van der Waals surface area contributed by atoms with Gasteiger partial charge in [0, 0.05) is 22.6 Å². The molecular weight excluding hydrogens is 324 g/mol. The molecule has 0 bridgehead atoms. The molecule has 114 valence electrons. The van der Waals surface area contributed by atoms with E-state index in [1.54, 1.807) is 0 Å². The largest absolute Gasteiger partial charge is 0.480 e. The molecule has 6 nitrogen and oxygen atoms in total. The number of aliphatic carboxylic acids is 2. The Labute approximate surface area is 134 Å². The van der Waals surface area contributed by atoms with Gasteiger partial charge in [0.1, 0.15) is 0 Å². The topological polar surface area (TPSA) is 99.3 Å². The van der Waals surface area contributed by atoms with Gasteiger partial charge < -0.3 is 10.2 Å². The Morgan fingerprint density at radius 2 is 1.23 bits per heavy atom. The second-order valence-electron chi connectivity index (χ2n) is 4.78. The minimum atomic E-state index is -0.907. The highest BCUT2D eigenvalue weighted by atomic mass is 32.2. The SMILES string of the molecule is O=C(O)C1CSC(c2ccc(C3=NC(C(=O)O)CS3)cc2)=N1. The van der Waals surface area contributed by atoms with Gasteiger partial charge in [-0.2, -0.15) is 0 Å². The highest BCUT2D eigenvalue weighted by Crippen LogP contribution is 2.27. The molecule has 2 aliphatic heterocycles. The van der Waals surface area contributed by atoms with E-state index >= 15 is 0 Å². The van der Waals surface area contributed by atoms with Crippen molar-refractivity contribution < 1.29 is 19.8 Å². The monoisotopic (exact) mass is 336 g/mol. The maximum Gasteiger partial charge on any atom is 0.329 e. The second kappa shape index (κ2) is 6.13. The molecule has 1 aromatic rings. The molecule has 2 heterocycles. The first kappa shape index (κ1) is 15.1. The number of carboxylic acid groups (broad SMARTS) is 2. The standard InChI is InChI=1S/C14H12N2O4S2/c17-13(18)9-5-21-11(15-9)7-1-2-8(4-3-7)12-16-10(6-22-12)14(19)20/h1-4,9-10H,5-6H2,(H,17,18)(H,19,20). The van der Waals surface area contributed by atoms with E-state index in [-0.39, 0.29) is 0 Å². The number of aliphatic imine (C=N–C) groups is 2. The average molecular weight is 336 g/mol. The van der Waals surface area contributed by atoms with E-state index in [0.717, 1.165) is 21.2 Å². The van der Waals surface area contributed by atoms with E-state index in [9.17, 15) is 9.59 Å². The zero-order valence-electron chi connectivity index (χ0n) is 11.3. The Morgan fingerprint density at radius 3 is 1.50 bits per heavy atom. The summed E-state index contributed by atoms with van der Waals surface area (Å²) in [4.78, 5) is 30.2. The fourth-order valence-corrected chi connectivity index (χ4v) is 4.15. The molecule has 0 radical (unpaired) electrons. The molecular formula is C14H12N2O4S2. The molecule has 2 unspecified atom stereocenters. The molecule has 0 saturated carbocycles. The van der Waals surface area contributed by atoms with Crippen LogP contribution in [0, 0.1) is 0 Å². The summed E-state index contributed by atoms with van der Waals surface area (Å²) in [6, 6.07) is 6.10. The Balaban J connectivity index is 1.77. The van der Waals surface area contributed by atoms with Gasteiger partial charge in [-0.15, -0.1) is 23.5 Å². The molecule has 0 aromatic heterocycles. The highest BCUT2D eigenvalue weighted by Gasteiger charge is 2.26. The van der Waals surface area contributed by atoms with E-state index in [1.807, 2.05) is 24.3 Å². The van der Waals surface area contributed by atoms with Gasteiger partial charge in [-0.05, 0) is 0 Å². The molecule has 2 N–H and O–H groups in total. The first-order valence-electron chi connectivity index (χ1n) is 6.52. The van der Waals surface area contributed by atoms with E-state index in [4.69, 9.17) is 10.2 Å². The van der Waals surface area contributed by atoms with Crippen molar-refractivity contribution in [3.8, 4) is 0 Å². The van der Waals surface area contributed by atoms with Crippen LogP contribution in [0.25, 0.3) is 0 Å². The van der Waals surface area contributed by atoms with Crippen LogP contribution in [0.2, 0.25) is 0 Å². The lowest BCUT2D eigenvalue weighted by Gasteiger charge is -2.03. The van der Waals surface area contributed by atoms with Crippen LogP contribution in [0.5, 0.6) is 0 Å². The number of benzene rings is 1. The summed E-state index contributed by atoms with van der Waals surface area (Å²) in [7, 11) is 0. The van der Waals surface area contributed by atoms with Gasteiger partial charge in [-0.3, -0.25) is 9.98 Å². The van der Waals surface area contributed by atoms with Crippen LogP contribution < -0.4 is 0 Å². The molecule has 0 aliphatic carbocycles. The lowest BCUT2D eigenvalue weighted by molar-refractivity contribution is -0.138. The van der Waals surface area contributed by atoms with E-state index < -0.39 is 24.0 Å². The zero-order valence-corrected chi connectivity index (χ0v) is 12.9. The minimum Gasteiger partial charge on any atom is -0.480 e. The molecule has 0 fully saturated rings. The van der Waals surface area contributed by atoms with Crippen LogP contribution in [0.1, 0.15) is 11.1 Å². The predicted octanol–water partition coefficient (Wildman–Crippen LogP) is 1.58.